The number of benzene rings is 1. The molecule has 1 fully saturated rings. The SMILES string of the molecule is Cl.NCc1ccc(C(=O)NC2CCCCCCC2)cc1. The zero-order valence-electron chi connectivity index (χ0n) is 11.9. The van der Waals surface area contributed by atoms with Gasteiger partial charge in [-0.25, -0.2) is 0 Å². The molecule has 1 aliphatic carbocycles. The Morgan fingerprint density at radius 2 is 1.60 bits per heavy atom. The van der Waals surface area contributed by atoms with Crippen LogP contribution in [0.25, 0.3) is 0 Å². The van der Waals surface area contributed by atoms with Crippen LogP contribution in [0.4, 0.5) is 0 Å². The fourth-order valence-corrected chi connectivity index (χ4v) is 2.66. The van der Waals surface area contributed by atoms with Crippen LogP contribution in [-0.4, -0.2) is 11.9 Å². The summed E-state index contributed by atoms with van der Waals surface area (Å²) in [6, 6.07) is 7.92. The number of nitrogens with one attached hydrogen (secondary N) is 1. The van der Waals surface area contributed by atoms with E-state index in [0.717, 1.165) is 24.0 Å². The van der Waals surface area contributed by atoms with Gasteiger partial charge in [0.05, 0.1) is 0 Å². The summed E-state index contributed by atoms with van der Waals surface area (Å²) in [6.07, 6.45) is 8.66. The van der Waals surface area contributed by atoms with Crippen LogP contribution in [-0.2, 0) is 6.54 Å². The summed E-state index contributed by atoms with van der Waals surface area (Å²) in [6.45, 7) is 0.518. The lowest BCUT2D eigenvalue weighted by Gasteiger charge is -2.21. The Kier molecular flexibility index (Phi) is 7.63. The van der Waals surface area contributed by atoms with Crippen LogP contribution in [0.15, 0.2) is 24.3 Å². The maximum atomic E-state index is 12.2. The minimum Gasteiger partial charge on any atom is -0.349 e. The minimum absolute atomic E-state index is 0. The monoisotopic (exact) mass is 296 g/mol. The molecule has 0 bridgehead atoms. The van der Waals surface area contributed by atoms with Crippen LogP contribution in [0.2, 0.25) is 0 Å². The van der Waals surface area contributed by atoms with E-state index in [2.05, 4.69) is 5.32 Å². The summed E-state index contributed by atoms with van der Waals surface area (Å²) in [5, 5.41) is 3.17. The van der Waals surface area contributed by atoms with Crippen molar-refractivity contribution in [2.75, 3.05) is 0 Å². The largest absolute Gasteiger partial charge is 0.349 e. The van der Waals surface area contributed by atoms with Gasteiger partial charge < -0.3 is 11.1 Å². The highest BCUT2D eigenvalue weighted by molar-refractivity contribution is 5.94. The Balaban J connectivity index is 0.00000200. The van der Waals surface area contributed by atoms with Gasteiger partial charge in [-0.2, -0.15) is 0 Å². The van der Waals surface area contributed by atoms with Gasteiger partial charge in [-0.15, -0.1) is 12.4 Å². The van der Waals surface area contributed by atoms with Gasteiger partial charge in [0.2, 0.25) is 0 Å². The molecule has 3 N–H and O–H groups in total. The lowest BCUT2D eigenvalue weighted by Crippen LogP contribution is -2.35. The average molecular weight is 297 g/mol. The summed E-state index contributed by atoms with van der Waals surface area (Å²) in [7, 11) is 0. The van der Waals surface area contributed by atoms with Crippen LogP contribution < -0.4 is 11.1 Å². The molecule has 2 rings (SSSR count). The average Bonchev–Trinajstić information content (AvgIpc) is 2.41. The molecule has 4 heteroatoms. The molecule has 0 radical (unpaired) electrons. The van der Waals surface area contributed by atoms with Crippen molar-refractivity contribution in [3.05, 3.63) is 35.4 Å². The number of hydrogen-bond acceptors (Lipinski definition) is 2. The molecule has 112 valence electrons. The summed E-state index contributed by atoms with van der Waals surface area (Å²) in [4.78, 5) is 12.2. The number of hydrogen-bond donors (Lipinski definition) is 2. The number of amides is 1. The van der Waals surface area contributed by atoms with Crippen molar-refractivity contribution in [1.82, 2.24) is 5.32 Å². The maximum Gasteiger partial charge on any atom is 0.251 e. The van der Waals surface area contributed by atoms with E-state index in [-0.39, 0.29) is 18.3 Å². The summed E-state index contributed by atoms with van der Waals surface area (Å²) in [5.41, 5.74) is 7.35. The molecule has 20 heavy (non-hydrogen) atoms. The van der Waals surface area contributed by atoms with Crippen molar-refractivity contribution in [3.8, 4) is 0 Å². The second-order valence-corrected chi connectivity index (χ2v) is 5.42. The van der Waals surface area contributed by atoms with Gasteiger partial charge in [-0.3, -0.25) is 4.79 Å². The van der Waals surface area contributed by atoms with Crippen LogP contribution in [0.5, 0.6) is 0 Å². The highest BCUT2D eigenvalue weighted by Crippen LogP contribution is 2.17. The van der Waals surface area contributed by atoms with E-state index < -0.39 is 0 Å². The van der Waals surface area contributed by atoms with Crippen molar-refractivity contribution < 1.29 is 4.79 Å². The van der Waals surface area contributed by atoms with E-state index in [1.807, 2.05) is 24.3 Å². The summed E-state index contributed by atoms with van der Waals surface area (Å²) >= 11 is 0. The number of carbonyl (C=O) groups excluding carboxylic acids is 1. The molecule has 0 spiro atoms. The van der Waals surface area contributed by atoms with E-state index in [1.165, 1.54) is 32.1 Å². The Hall–Kier alpha value is -1.06. The van der Waals surface area contributed by atoms with Gasteiger partial charge in [-0.1, -0.05) is 44.2 Å². The van der Waals surface area contributed by atoms with Crippen molar-refractivity contribution in [2.24, 2.45) is 5.73 Å². The van der Waals surface area contributed by atoms with Gasteiger partial charge >= 0.3 is 0 Å². The van der Waals surface area contributed by atoms with Gasteiger partial charge in [0.25, 0.3) is 5.91 Å². The molecule has 0 saturated heterocycles. The minimum atomic E-state index is 0. The van der Waals surface area contributed by atoms with Gasteiger partial charge in [0.1, 0.15) is 0 Å². The highest BCUT2D eigenvalue weighted by atomic mass is 35.5. The van der Waals surface area contributed by atoms with E-state index >= 15 is 0 Å². The van der Waals surface area contributed by atoms with Gasteiger partial charge in [0, 0.05) is 18.2 Å². The lowest BCUT2D eigenvalue weighted by atomic mass is 9.96. The topological polar surface area (TPSA) is 55.1 Å². The van der Waals surface area contributed by atoms with Crippen LogP contribution in [0.3, 0.4) is 0 Å². The maximum absolute atomic E-state index is 12.2. The van der Waals surface area contributed by atoms with Crippen molar-refractivity contribution in [3.63, 3.8) is 0 Å². The molecule has 1 amide bonds. The molecule has 3 nitrogen and oxygen atoms in total. The lowest BCUT2D eigenvalue weighted by molar-refractivity contribution is 0.0930. The molecule has 0 unspecified atom stereocenters. The molecular weight excluding hydrogens is 272 g/mol. The smallest absolute Gasteiger partial charge is 0.251 e. The fraction of sp³-hybridized carbons (Fsp3) is 0.562. The molecule has 0 heterocycles. The van der Waals surface area contributed by atoms with E-state index in [0.29, 0.717) is 12.6 Å². The zero-order valence-corrected chi connectivity index (χ0v) is 12.8. The van der Waals surface area contributed by atoms with E-state index in [9.17, 15) is 4.79 Å². The third-order valence-corrected chi connectivity index (χ3v) is 3.89. The van der Waals surface area contributed by atoms with Crippen LogP contribution in [0, 0.1) is 0 Å². The number of rotatable bonds is 3. The van der Waals surface area contributed by atoms with Crippen molar-refractivity contribution in [1.29, 1.82) is 0 Å². The van der Waals surface area contributed by atoms with Crippen LogP contribution in [0.1, 0.15) is 60.9 Å². The van der Waals surface area contributed by atoms with Gasteiger partial charge in [-0.05, 0) is 30.5 Å². The van der Waals surface area contributed by atoms with Crippen molar-refractivity contribution in [2.45, 2.75) is 57.5 Å². The fourth-order valence-electron chi connectivity index (χ4n) is 2.66. The Labute approximate surface area is 127 Å². The first-order valence-electron chi connectivity index (χ1n) is 7.39. The number of halogens is 1. The van der Waals surface area contributed by atoms with Crippen LogP contribution >= 0.6 is 12.4 Å². The third kappa shape index (κ3) is 5.14. The molecule has 1 aromatic carbocycles. The summed E-state index contributed by atoms with van der Waals surface area (Å²) in [5.74, 6) is 0.0501. The quantitative estimate of drug-likeness (QED) is 0.898. The molecule has 0 aromatic heterocycles. The molecule has 1 saturated carbocycles. The predicted molar refractivity (Wildman–Crippen MR) is 85.2 cm³/mol. The second kappa shape index (κ2) is 8.98. The first kappa shape index (κ1) is 17.0. The van der Waals surface area contributed by atoms with E-state index in [1.54, 1.807) is 0 Å². The molecular formula is C16H25ClN2O. The predicted octanol–water partition coefficient (Wildman–Crippen LogP) is 3.41. The molecule has 1 aromatic rings. The number of carbonyl (C=O) groups is 1. The highest BCUT2D eigenvalue weighted by Gasteiger charge is 2.14. The second-order valence-electron chi connectivity index (χ2n) is 5.42. The van der Waals surface area contributed by atoms with Crippen molar-refractivity contribution >= 4 is 18.3 Å². The molecule has 1 aliphatic rings. The molecule has 0 atom stereocenters. The first-order chi connectivity index (χ1) is 9.29. The third-order valence-electron chi connectivity index (χ3n) is 3.89. The Morgan fingerprint density at radius 1 is 1.05 bits per heavy atom. The zero-order chi connectivity index (χ0) is 13.5. The summed E-state index contributed by atoms with van der Waals surface area (Å²) < 4.78 is 0. The number of nitrogens with two attached hydrogens (primary N) is 1. The Morgan fingerprint density at radius 3 is 2.15 bits per heavy atom. The normalized spacial score (nSPS) is 16.6. The molecule has 0 aliphatic heterocycles. The first-order valence-corrected chi connectivity index (χ1v) is 7.39. The van der Waals surface area contributed by atoms with Gasteiger partial charge in [0.15, 0.2) is 0 Å². The Bertz CT molecular complexity index is 397. The van der Waals surface area contributed by atoms with E-state index in [4.69, 9.17) is 5.73 Å². The standard InChI is InChI=1S/C16H24N2O.ClH/c17-12-13-8-10-14(11-9-13)16(19)18-15-6-4-2-1-3-5-7-15;/h8-11,15H,1-7,12,17H2,(H,18,19);1H.